The number of benzene rings is 1. The third-order valence-corrected chi connectivity index (χ3v) is 2.94. The summed E-state index contributed by atoms with van der Waals surface area (Å²) in [6.45, 7) is 6.25. The van der Waals surface area contributed by atoms with Gasteiger partial charge < -0.3 is 10.1 Å². The number of halogens is 1. The number of ether oxygens (including phenoxy) is 1. The molecule has 1 aromatic carbocycles. The molecule has 1 rings (SSSR count). The van der Waals surface area contributed by atoms with Crippen molar-refractivity contribution in [3.05, 3.63) is 40.6 Å². The van der Waals surface area contributed by atoms with E-state index in [1.54, 1.807) is 25.1 Å². The first-order chi connectivity index (χ1) is 9.49. The Kier molecular flexibility index (Phi) is 6.08. The van der Waals surface area contributed by atoms with E-state index in [1.807, 2.05) is 19.9 Å². The van der Waals surface area contributed by atoms with Gasteiger partial charge in [-0.3, -0.25) is 4.79 Å². The molecule has 0 spiro atoms. The van der Waals surface area contributed by atoms with Gasteiger partial charge in [-0.25, -0.2) is 0 Å². The molecule has 0 unspecified atom stereocenters. The first-order valence-corrected chi connectivity index (χ1v) is 6.70. The van der Waals surface area contributed by atoms with Crippen molar-refractivity contribution in [3.63, 3.8) is 0 Å². The zero-order chi connectivity index (χ0) is 15.1. The van der Waals surface area contributed by atoms with Gasteiger partial charge >= 0.3 is 0 Å². The van der Waals surface area contributed by atoms with Gasteiger partial charge in [-0.05, 0) is 30.5 Å². The maximum atomic E-state index is 11.9. The number of anilines is 1. The van der Waals surface area contributed by atoms with Gasteiger partial charge in [0.25, 0.3) is 5.91 Å². The highest BCUT2D eigenvalue weighted by atomic mass is 35.5. The Morgan fingerprint density at radius 1 is 1.55 bits per heavy atom. The molecule has 20 heavy (non-hydrogen) atoms. The van der Waals surface area contributed by atoms with Gasteiger partial charge in [-0.1, -0.05) is 31.5 Å². The van der Waals surface area contributed by atoms with Crippen LogP contribution < -0.4 is 5.32 Å². The second-order valence-electron chi connectivity index (χ2n) is 4.44. The van der Waals surface area contributed by atoms with Crippen LogP contribution in [0.5, 0.6) is 0 Å². The van der Waals surface area contributed by atoms with Crippen LogP contribution in [0.25, 0.3) is 0 Å². The van der Waals surface area contributed by atoms with Gasteiger partial charge in [0.15, 0.2) is 5.57 Å². The molecule has 0 atom stereocenters. The van der Waals surface area contributed by atoms with Gasteiger partial charge in [-0.15, -0.1) is 0 Å². The van der Waals surface area contributed by atoms with E-state index in [1.165, 1.54) is 0 Å². The van der Waals surface area contributed by atoms with Crippen molar-refractivity contribution in [2.24, 2.45) is 0 Å². The van der Waals surface area contributed by atoms with Crippen molar-refractivity contribution in [2.75, 3.05) is 11.9 Å². The van der Waals surface area contributed by atoms with Crippen molar-refractivity contribution in [1.82, 2.24) is 0 Å². The Morgan fingerprint density at radius 3 is 2.75 bits per heavy atom. The van der Waals surface area contributed by atoms with E-state index in [0.717, 1.165) is 11.8 Å². The molecule has 0 aliphatic rings. The van der Waals surface area contributed by atoms with Gasteiger partial charge in [-0.2, -0.15) is 5.26 Å². The Labute approximate surface area is 124 Å². The lowest BCUT2D eigenvalue weighted by atomic mass is 10.0. The van der Waals surface area contributed by atoms with Crippen LogP contribution in [0.15, 0.2) is 30.0 Å². The summed E-state index contributed by atoms with van der Waals surface area (Å²) in [6, 6.07) is 7.08. The third-order valence-electron chi connectivity index (χ3n) is 2.61. The fourth-order valence-electron chi connectivity index (χ4n) is 1.57. The highest BCUT2D eigenvalue weighted by Crippen LogP contribution is 2.27. The zero-order valence-corrected chi connectivity index (χ0v) is 12.5. The molecule has 0 bridgehead atoms. The van der Waals surface area contributed by atoms with Gasteiger partial charge in [0.2, 0.25) is 0 Å². The number of amides is 1. The molecular weight excluding hydrogens is 276 g/mol. The number of hydrogen-bond donors (Lipinski definition) is 1. The lowest BCUT2D eigenvalue weighted by Crippen LogP contribution is -2.14. The Hall–Kier alpha value is -1.99. The topological polar surface area (TPSA) is 62.1 Å². The molecule has 0 saturated heterocycles. The predicted molar refractivity (Wildman–Crippen MR) is 79.5 cm³/mol. The molecule has 1 aromatic rings. The highest BCUT2D eigenvalue weighted by molar-refractivity contribution is 6.31. The number of nitrogens with zero attached hydrogens (tertiary/aromatic N) is 1. The number of carbonyl (C=O) groups excluding carboxylic acids is 1. The van der Waals surface area contributed by atoms with Crippen LogP contribution in [0, 0.1) is 11.3 Å². The molecule has 0 heterocycles. The van der Waals surface area contributed by atoms with Gasteiger partial charge in [0, 0.05) is 10.7 Å². The van der Waals surface area contributed by atoms with Gasteiger partial charge in [0.05, 0.1) is 6.61 Å². The molecule has 1 amide bonds. The van der Waals surface area contributed by atoms with Crippen molar-refractivity contribution in [3.8, 4) is 6.07 Å². The standard InChI is InChI=1S/C15H17ClN2O2/c1-4-20-9-11(8-17)15(19)18-12-5-6-13(10(2)3)14(16)7-12/h5-7,9-10H,4H2,1-3H3,(H,18,19)/b11-9+. The average molecular weight is 293 g/mol. The molecule has 0 saturated carbocycles. The number of nitriles is 1. The smallest absolute Gasteiger partial charge is 0.269 e. The minimum atomic E-state index is -0.519. The number of rotatable bonds is 5. The second kappa shape index (κ2) is 7.56. The quantitative estimate of drug-likeness (QED) is 0.509. The summed E-state index contributed by atoms with van der Waals surface area (Å²) in [5.41, 5.74) is 1.47. The number of carbonyl (C=O) groups is 1. The molecule has 1 N–H and O–H groups in total. The van der Waals surface area contributed by atoms with E-state index in [0.29, 0.717) is 23.2 Å². The van der Waals surface area contributed by atoms with Crippen LogP contribution in [0.1, 0.15) is 32.3 Å². The highest BCUT2D eigenvalue weighted by Gasteiger charge is 2.11. The molecule has 0 fully saturated rings. The lowest BCUT2D eigenvalue weighted by Gasteiger charge is -2.10. The summed E-state index contributed by atoms with van der Waals surface area (Å²) in [4.78, 5) is 11.9. The summed E-state index contributed by atoms with van der Waals surface area (Å²) in [7, 11) is 0. The predicted octanol–water partition coefficient (Wildman–Crippen LogP) is 3.85. The van der Waals surface area contributed by atoms with E-state index in [9.17, 15) is 4.79 Å². The Morgan fingerprint density at radius 2 is 2.25 bits per heavy atom. The summed E-state index contributed by atoms with van der Waals surface area (Å²) < 4.78 is 4.95. The van der Waals surface area contributed by atoms with Crippen LogP contribution in [0.2, 0.25) is 5.02 Å². The van der Waals surface area contributed by atoms with Crippen LogP contribution in [-0.4, -0.2) is 12.5 Å². The molecule has 0 aromatic heterocycles. The maximum absolute atomic E-state index is 11.9. The first kappa shape index (κ1) is 16.1. The maximum Gasteiger partial charge on any atom is 0.269 e. The lowest BCUT2D eigenvalue weighted by molar-refractivity contribution is -0.112. The van der Waals surface area contributed by atoms with E-state index in [-0.39, 0.29) is 5.57 Å². The van der Waals surface area contributed by atoms with Crippen molar-refractivity contribution in [2.45, 2.75) is 26.7 Å². The molecular formula is C15H17ClN2O2. The minimum absolute atomic E-state index is 0.0871. The third kappa shape index (κ3) is 4.29. The van der Waals surface area contributed by atoms with E-state index in [4.69, 9.17) is 21.6 Å². The van der Waals surface area contributed by atoms with Gasteiger partial charge in [0.1, 0.15) is 12.3 Å². The number of nitrogens with one attached hydrogen (secondary N) is 1. The molecule has 0 aliphatic carbocycles. The Balaban J connectivity index is 2.86. The monoisotopic (exact) mass is 292 g/mol. The van der Waals surface area contributed by atoms with Crippen molar-refractivity contribution < 1.29 is 9.53 Å². The largest absolute Gasteiger partial charge is 0.500 e. The van der Waals surface area contributed by atoms with E-state index >= 15 is 0 Å². The summed E-state index contributed by atoms with van der Waals surface area (Å²) in [6.07, 6.45) is 1.15. The van der Waals surface area contributed by atoms with Crippen molar-refractivity contribution in [1.29, 1.82) is 5.26 Å². The first-order valence-electron chi connectivity index (χ1n) is 6.32. The van der Waals surface area contributed by atoms with E-state index in [2.05, 4.69) is 5.32 Å². The number of hydrogen-bond acceptors (Lipinski definition) is 3. The summed E-state index contributed by atoms with van der Waals surface area (Å²) in [5, 5.41) is 12.1. The molecule has 106 valence electrons. The molecule has 4 nitrogen and oxygen atoms in total. The molecule has 0 radical (unpaired) electrons. The van der Waals surface area contributed by atoms with Crippen LogP contribution >= 0.6 is 11.6 Å². The zero-order valence-electron chi connectivity index (χ0n) is 11.7. The average Bonchev–Trinajstić information content (AvgIpc) is 2.39. The fourth-order valence-corrected chi connectivity index (χ4v) is 1.97. The van der Waals surface area contributed by atoms with Crippen LogP contribution in [0.4, 0.5) is 5.69 Å². The SMILES string of the molecule is CCO/C=C(\C#N)C(=O)Nc1ccc(C(C)C)c(Cl)c1. The second-order valence-corrected chi connectivity index (χ2v) is 4.85. The van der Waals surface area contributed by atoms with Crippen molar-refractivity contribution >= 4 is 23.2 Å². The minimum Gasteiger partial charge on any atom is -0.500 e. The van der Waals surface area contributed by atoms with Crippen LogP contribution in [-0.2, 0) is 9.53 Å². The van der Waals surface area contributed by atoms with Crippen LogP contribution in [0.3, 0.4) is 0 Å². The molecule has 0 aliphatic heterocycles. The summed E-state index contributed by atoms with van der Waals surface area (Å²) in [5.74, 6) is -0.214. The normalized spacial score (nSPS) is 11.1. The fraction of sp³-hybridized carbons (Fsp3) is 0.333. The Bertz CT molecular complexity index is 559. The molecule has 5 heteroatoms. The van der Waals surface area contributed by atoms with E-state index < -0.39 is 5.91 Å². The summed E-state index contributed by atoms with van der Waals surface area (Å²) >= 11 is 6.15.